The van der Waals surface area contributed by atoms with Gasteiger partial charge in [-0.05, 0) is 13.0 Å². The first-order valence-corrected chi connectivity index (χ1v) is 4.15. The minimum absolute atomic E-state index is 0.704. The average Bonchev–Trinajstić information content (AvgIpc) is 1.94. The van der Waals surface area contributed by atoms with Crippen LogP contribution in [-0.2, 0) is 0 Å². The fourth-order valence-corrected chi connectivity index (χ4v) is 1.34. The molecule has 1 aliphatic heterocycles. The van der Waals surface area contributed by atoms with E-state index in [1.54, 1.807) is 0 Å². The fourth-order valence-electron chi connectivity index (χ4n) is 0.737. The van der Waals surface area contributed by atoms with Crippen LogP contribution in [0, 0.1) is 0 Å². The van der Waals surface area contributed by atoms with Gasteiger partial charge in [0.1, 0.15) is 0 Å². The van der Waals surface area contributed by atoms with Crippen molar-refractivity contribution in [2.75, 3.05) is 13.1 Å². The van der Waals surface area contributed by atoms with Crippen LogP contribution in [0.5, 0.6) is 0 Å². The van der Waals surface area contributed by atoms with Crippen LogP contribution in [0.1, 0.15) is 6.42 Å². The Kier molecular flexibility index (Phi) is 2.83. The highest BCUT2D eigenvalue weighted by Crippen LogP contribution is 2.03. The SMILES string of the molecule is IC1C=CCCNC1. The molecule has 1 unspecified atom stereocenters. The number of nitrogens with one attached hydrogen (secondary N) is 1. The molecule has 0 saturated carbocycles. The van der Waals surface area contributed by atoms with E-state index in [0.29, 0.717) is 3.92 Å². The molecule has 0 radical (unpaired) electrons. The van der Waals surface area contributed by atoms with Crippen LogP contribution in [0.3, 0.4) is 0 Å². The molecule has 0 saturated heterocycles. The van der Waals surface area contributed by atoms with E-state index in [0.717, 1.165) is 13.1 Å². The van der Waals surface area contributed by atoms with Crippen molar-refractivity contribution in [1.29, 1.82) is 0 Å². The molecule has 1 heterocycles. The Morgan fingerprint density at radius 3 is 3.38 bits per heavy atom. The molecule has 0 fully saturated rings. The van der Waals surface area contributed by atoms with Crippen molar-refractivity contribution in [2.45, 2.75) is 10.3 Å². The number of hydrogen-bond donors (Lipinski definition) is 1. The molecule has 1 aliphatic rings. The summed E-state index contributed by atoms with van der Waals surface area (Å²) in [4.78, 5) is 0. The Balaban J connectivity index is 2.33. The van der Waals surface area contributed by atoms with E-state index in [2.05, 4.69) is 40.1 Å². The zero-order valence-electron chi connectivity index (χ0n) is 4.73. The minimum atomic E-state index is 0.704. The highest BCUT2D eigenvalue weighted by molar-refractivity contribution is 14.1. The third kappa shape index (κ3) is 2.13. The van der Waals surface area contributed by atoms with E-state index in [4.69, 9.17) is 0 Å². The lowest BCUT2D eigenvalue weighted by Crippen LogP contribution is -2.19. The standard InChI is InChI=1S/C6H10IN/c7-6-3-1-2-4-8-5-6/h1,3,6,8H,2,4-5H2. The normalized spacial score (nSPS) is 29.9. The lowest BCUT2D eigenvalue weighted by molar-refractivity contribution is 0.728. The Bertz CT molecular complexity index is 90.5. The van der Waals surface area contributed by atoms with E-state index in [1.807, 2.05) is 0 Å². The summed E-state index contributed by atoms with van der Waals surface area (Å²) in [6.07, 6.45) is 5.71. The Morgan fingerprint density at radius 1 is 1.62 bits per heavy atom. The molecular formula is C6H10IN. The van der Waals surface area contributed by atoms with Crippen LogP contribution in [0.4, 0.5) is 0 Å². The molecule has 0 aromatic carbocycles. The third-order valence-electron chi connectivity index (χ3n) is 1.17. The summed E-state index contributed by atoms with van der Waals surface area (Å²) in [7, 11) is 0. The predicted octanol–water partition coefficient (Wildman–Crippen LogP) is 1.34. The second kappa shape index (κ2) is 3.45. The van der Waals surface area contributed by atoms with Crippen LogP contribution >= 0.6 is 22.6 Å². The van der Waals surface area contributed by atoms with Gasteiger partial charge in [-0.3, -0.25) is 0 Å². The van der Waals surface area contributed by atoms with Gasteiger partial charge in [-0.1, -0.05) is 34.7 Å². The van der Waals surface area contributed by atoms with Crippen molar-refractivity contribution >= 4 is 22.6 Å². The zero-order chi connectivity index (χ0) is 5.82. The quantitative estimate of drug-likeness (QED) is 0.371. The first kappa shape index (κ1) is 6.55. The minimum Gasteiger partial charge on any atom is -0.315 e. The van der Waals surface area contributed by atoms with Gasteiger partial charge in [-0.15, -0.1) is 0 Å². The maximum atomic E-state index is 3.33. The Hall–Kier alpha value is 0.430. The molecule has 1 N–H and O–H groups in total. The zero-order valence-corrected chi connectivity index (χ0v) is 6.89. The van der Waals surface area contributed by atoms with Gasteiger partial charge in [-0.2, -0.15) is 0 Å². The highest BCUT2D eigenvalue weighted by atomic mass is 127. The second-order valence-electron chi connectivity index (χ2n) is 1.94. The summed E-state index contributed by atoms with van der Waals surface area (Å²) in [6.45, 7) is 2.28. The summed E-state index contributed by atoms with van der Waals surface area (Å²) in [6, 6.07) is 0. The van der Waals surface area contributed by atoms with Crippen molar-refractivity contribution in [3.63, 3.8) is 0 Å². The van der Waals surface area contributed by atoms with E-state index in [9.17, 15) is 0 Å². The van der Waals surface area contributed by atoms with Gasteiger partial charge in [-0.25, -0.2) is 0 Å². The summed E-state index contributed by atoms with van der Waals surface area (Å²) in [5, 5.41) is 3.33. The largest absolute Gasteiger partial charge is 0.315 e. The molecule has 1 nitrogen and oxygen atoms in total. The molecule has 1 rings (SSSR count). The summed E-state index contributed by atoms with van der Waals surface area (Å²) in [5.74, 6) is 0. The lowest BCUT2D eigenvalue weighted by Gasteiger charge is -1.99. The highest BCUT2D eigenvalue weighted by Gasteiger charge is 1.99. The van der Waals surface area contributed by atoms with E-state index in [1.165, 1.54) is 6.42 Å². The van der Waals surface area contributed by atoms with Gasteiger partial charge in [0.25, 0.3) is 0 Å². The van der Waals surface area contributed by atoms with Crippen molar-refractivity contribution in [2.24, 2.45) is 0 Å². The van der Waals surface area contributed by atoms with Gasteiger partial charge in [0.2, 0.25) is 0 Å². The first-order valence-electron chi connectivity index (χ1n) is 2.91. The molecule has 1 atom stereocenters. The molecule has 0 aromatic rings. The van der Waals surface area contributed by atoms with Crippen molar-refractivity contribution in [3.8, 4) is 0 Å². The second-order valence-corrected chi connectivity index (χ2v) is 3.54. The molecule has 0 bridgehead atoms. The topological polar surface area (TPSA) is 12.0 Å². The van der Waals surface area contributed by atoms with Gasteiger partial charge in [0, 0.05) is 10.5 Å². The predicted molar refractivity (Wildman–Crippen MR) is 44.4 cm³/mol. The van der Waals surface area contributed by atoms with Crippen molar-refractivity contribution in [3.05, 3.63) is 12.2 Å². The van der Waals surface area contributed by atoms with Crippen molar-refractivity contribution in [1.82, 2.24) is 5.32 Å². The maximum Gasteiger partial charge on any atom is 0.0414 e. The Morgan fingerprint density at radius 2 is 2.50 bits per heavy atom. The molecule has 46 valence electrons. The maximum absolute atomic E-state index is 3.33. The van der Waals surface area contributed by atoms with Crippen LogP contribution < -0.4 is 5.32 Å². The van der Waals surface area contributed by atoms with Gasteiger partial charge < -0.3 is 5.32 Å². The van der Waals surface area contributed by atoms with E-state index < -0.39 is 0 Å². The Labute approximate surface area is 63.7 Å². The van der Waals surface area contributed by atoms with Crippen LogP contribution in [0.2, 0.25) is 0 Å². The van der Waals surface area contributed by atoms with Gasteiger partial charge in [0.05, 0.1) is 0 Å². The van der Waals surface area contributed by atoms with Crippen LogP contribution in [0.25, 0.3) is 0 Å². The summed E-state index contributed by atoms with van der Waals surface area (Å²) in [5.41, 5.74) is 0. The number of alkyl halides is 1. The fraction of sp³-hybridized carbons (Fsp3) is 0.667. The van der Waals surface area contributed by atoms with Crippen LogP contribution in [-0.4, -0.2) is 17.0 Å². The molecule has 0 aromatic heterocycles. The number of halogens is 1. The van der Waals surface area contributed by atoms with Crippen molar-refractivity contribution < 1.29 is 0 Å². The van der Waals surface area contributed by atoms with E-state index >= 15 is 0 Å². The summed E-state index contributed by atoms with van der Waals surface area (Å²) >= 11 is 2.43. The average molecular weight is 223 g/mol. The molecular weight excluding hydrogens is 213 g/mol. The molecule has 8 heavy (non-hydrogen) atoms. The monoisotopic (exact) mass is 223 g/mol. The number of rotatable bonds is 0. The summed E-state index contributed by atoms with van der Waals surface area (Å²) < 4.78 is 0.704. The molecule has 0 amide bonds. The lowest BCUT2D eigenvalue weighted by atomic mass is 10.4. The molecule has 0 spiro atoms. The molecule has 0 aliphatic carbocycles. The van der Waals surface area contributed by atoms with Gasteiger partial charge >= 0.3 is 0 Å². The van der Waals surface area contributed by atoms with Crippen LogP contribution in [0.15, 0.2) is 12.2 Å². The van der Waals surface area contributed by atoms with Gasteiger partial charge in [0.15, 0.2) is 0 Å². The third-order valence-corrected chi connectivity index (χ3v) is 2.03. The smallest absolute Gasteiger partial charge is 0.0414 e. The first-order chi connectivity index (χ1) is 3.89. The number of hydrogen-bond acceptors (Lipinski definition) is 1. The van der Waals surface area contributed by atoms with E-state index in [-0.39, 0.29) is 0 Å². The molecule has 2 heteroatoms.